The first-order valence-electron chi connectivity index (χ1n) is 18.3. The number of aryl methyl sites for hydroxylation is 1. The van der Waals surface area contributed by atoms with E-state index in [-0.39, 0.29) is 0 Å². The summed E-state index contributed by atoms with van der Waals surface area (Å²) >= 11 is 0. The van der Waals surface area contributed by atoms with E-state index >= 15 is 0 Å². The quantitative estimate of drug-likeness (QED) is 0.178. The second-order valence-corrected chi connectivity index (χ2v) is 14.0. The molecule has 54 heavy (non-hydrogen) atoms. The Morgan fingerprint density at radius 1 is 0.407 bits per heavy atom. The van der Waals surface area contributed by atoms with Crippen molar-refractivity contribution in [1.29, 1.82) is 5.41 Å². The van der Waals surface area contributed by atoms with Crippen LogP contribution in [0.3, 0.4) is 0 Å². The molecule has 2 heterocycles. The average Bonchev–Trinajstić information content (AvgIpc) is 3.84. The molecular weight excluding hydrogens is 657 g/mol. The second-order valence-electron chi connectivity index (χ2n) is 14.0. The molecule has 10 aromatic rings. The molecule has 0 saturated carbocycles. The summed E-state index contributed by atoms with van der Waals surface area (Å²) in [5.74, 6) is 0. The maximum Gasteiger partial charge on any atom is 0.0717 e. The number of benzene rings is 8. The van der Waals surface area contributed by atoms with Gasteiger partial charge < -0.3 is 14.9 Å². The highest BCUT2D eigenvalue weighted by molar-refractivity contribution is 6.25. The number of rotatable bonds is 3. The molecule has 11 rings (SSSR count). The third kappa shape index (κ3) is 4.96. The number of nitrogen functional groups attached to an aromatic ring is 1. The molecule has 0 fully saturated rings. The van der Waals surface area contributed by atoms with Crippen LogP contribution < -0.4 is 5.73 Å². The van der Waals surface area contributed by atoms with Crippen molar-refractivity contribution >= 4 is 55.0 Å². The highest BCUT2D eigenvalue weighted by atomic mass is 15.0. The lowest BCUT2D eigenvalue weighted by atomic mass is 10.0. The summed E-state index contributed by atoms with van der Waals surface area (Å²) in [6.45, 7) is 2.17. The normalized spacial score (nSPS) is 11.9. The maximum atomic E-state index is 8.07. The minimum atomic E-state index is 0.540. The van der Waals surface area contributed by atoms with Crippen LogP contribution in [-0.4, -0.2) is 14.8 Å². The highest BCUT2D eigenvalue weighted by Crippen LogP contribution is 2.40. The molecule has 1 aliphatic carbocycles. The molecule has 0 atom stereocenters. The van der Waals surface area contributed by atoms with Crippen molar-refractivity contribution in [3.63, 3.8) is 0 Å². The molecule has 4 nitrogen and oxygen atoms in total. The third-order valence-corrected chi connectivity index (χ3v) is 10.8. The molecule has 0 aliphatic heterocycles. The zero-order valence-electron chi connectivity index (χ0n) is 29.8. The number of nitrogens with one attached hydrogen (secondary N) is 1. The predicted octanol–water partition coefficient (Wildman–Crippen LogP) is 12.5. The van der Waals surface area contributed by atoms with Crippen LogP contribution in [0.5, 0.6) is 0 Å². The van der Waals surface area contributed by atoms with E-state index in [1.807, 2.05) is 42.5 Å². The van der Waals surface area contributed by atoms with Crippen LogP contribution in [0.15, 0.2) is 182 Å². The number of nitrogens with two attached hydrogens (primary N) is 1. The van der Waals surface area contributed by atoms with E-state index in [1.165, 1.54) is 71.7 Å². The number of aromatic nitrogens is 2. The first-order chi connectivity index (χ1) is 26.5. The zero-order valence-corrected chi connectivity index (χ0v) is 29.8. The molecule has 8 aromatic carbocycles. The van der Waals surface area contributed by atoms with E-state index in [0.29, 0.717) is 11.4 Å². The molecule has 1 aliphatic rings. The zero-order chi connectivity index (χ0) is 36.3. The SMILES string of the molecule is Cc1ccc2c(c1)c1cc(-c3ccc4c(c3)c3ccccc3n4-c3ccccc3)ccc1n2-c1ccccc1.N=C1c2ccccc2-c2cccc(N)c21. The van der Waals surface area contributed by atoms with Crippen molar-refractivity contribution in [3.05, 3.63) is 199 Å². The van der Waals surface area contributed by atoms with E-state index in [9.17, 15) is 0 Å². The monoisotopic (exact) mass is 692 g/mol. The number of para-hydroxylation sites is 3. The van der Waals surface area contributed by atoms with E-state index in [4.69, 9.17) is 11.1 Å². The smallest absolute Gasteiger partial charge is 0.0717 e. The molecule has 4 heteroatoms. The van der Waals surface area contributed by atoms with Gasteiger partial charge in [-0.15, -0.1) is 0 Å². The van der Waals surface area contributed by atoms with Gasteiger partial charge in [0, 0.05) is 49.7 Å². The van der Waals surface area contributed by atoms with Crippen molar-refractivity contribution in [3.8, 4) is 33.6 Å². The second kappa shape index (κ2) is 12.5. The fraction of sp³-hybridized carbons (Fsp3) is 0.0200. The van der Waals surface area contributed by atoms with Gasteiger partial charge in [-0.1, -0.05) is 115 Å². The van der Waals surface area contributed by atoms with Crippen LogP contribution in [0.2, 0.25) is 0 Å². The number of hydrogen-bond acceptors (Lipinski definition) is 2. The van der Waals surface area contributed by atoms with Gasteiger partial charge in [0.15, 0.2) is 0 Å². The lowest BCUT2D eigenvalue weighted by Gasteiger charge is -2.09. The Kier molecular flexibility index (Phi) is 7.31. The summed E-state index contributed by atoms with van der Waals surface area (Å²) in [5, 5.41) is 13.2. The van der Waals surface area contributed by atoms with Crippen molar-refractivity contribution in [2.24, 2.45) is 0 Å². The number of fused-ring (bicyclic) bond motifs is 9. The summed E-state index contributed by atoms with van der Waals surface area (Å²) < 4.78 is 4.75. The number of anilines is 1. The van der Waals surface area contributed by atoms with Crippen molar-refractivity contribution in [2.75, 3.05) is 5.73 Å². The van der Waals surface area contributed by atoms with Crippen LogP contribution in [-0.2, 0) is 0 Å². The Bertz CT molecular complexity index is 3080. The number of nitrogens with zero attached hydrogens (tertiary/aromatic N) is 2. The molecule has 2 aromatic heterocycles. The van der Waals surface area contributed by atoms with Crippen LogP contribution in [0.4, 0.5) is 5.69 Å². The van der Waals surface area contributed by atoms with Crippen LogP contribution in [0.25, 0.3) is 77.2 Å². The first kappa shape index (κ1) is 31.6. The van der Waals surface area contributed by atoms with Crippen molar-refractivity contribution < 1.29 is 0 Å². The fourth-order valence-electron chi connectivity index (χ4n) is 8.32. The van der Waals surface area contributed by atoms with Crippen molar-refractivity contribution in [2.45, 2.75) is 6.92 Å². The average molecular weight is 693 g/mol. The third-order valence-electron chi connectivity index (χ3n) is 10.8. The molecule has 0 saturated heterocycles. The molecule has 0 radical (unpaired) electrons. The summed E-state index contributed by atoms with van der Waals surface area (Å²) in [4.78, 5) is 0. The Morgan fingerprint density at radius 3 is 1.54 bits per heavy atom. The lowest BCUT2D eigenvalue weighted by molar-refractivity contribution is 1.18. The fourth-order valence-corrected chi connectivity index (χ4v) is 8.32. The van der Waals surface area contributed by atoms with Crippen LogP contribution in [0, 0.1) is 12.3 Å². The summed E-state index contributed by atoms with van der Waals surface area (Å²) in [7, 11) is 0. The van der Waals surface area contributed by atoms with Gasteiger partial charge >= 0.3 is 0 Å². The van der Waals surface area contributed by atoms with Gasteiger partial charge in [0.1, 0.15) is 0 Å². The number of hydrogen-bond donors (Lipinski definition) is 2. The topological polar surface area (TPSA) is 59.7 Å². The Balaban J connectivity index is 0.000000201. The van der Waals surface area contributed by atoms with E-state index < -0.39 is 0 Å². The van der Waals surface area contributed by atoms with E-state index in [0.717, 1.165) is 22.3 Å². The molecule has 3 N–H and O–H groups in total. The van der Waals surface area contributed by atoms with Gasteiger partial charge in [-0.2, -0.15) is 0 Å². The van der Waals surface area contributed by atoms with E-state index in [1.54, 1.807) is 0 Å². The molecule has 256 valence electrons. The maximum absolute atomic E-state index is 8.07. The summed E-state index contributed by atoms with van der Waals surface area (Å²) in [5.41, 5.74) is 22.2. The Morgan fingerprint density at radius 2 is 0.889 bits per heavy atom. The van der Waals surface area contributed by atoms with Gasteiger partial charge in [0.05, 0.1) is 27.8 Å². The van der Waals surface area contributed by atoms with Gasteiger partial charge in [0.25, 0.3) is 0 Å². The van der Waals surface area contributed by atoms with Gasteiger partial charge in [0.2, 0.25) is 0 Å². The Hall–Kier alpha value is -7.17. The van der Waals surface area contributed by atoms with Gasteiger partial charge in [-0.25, -0.2) is 0 Å². The lowest BCUT2D eigenvalue weighted by Crippen LogP contribution is -2.00. The molecule has 0 amide bonds. The summed E-state index contributed by atoms with van der Waals surface area (Å²) in [6.07, 6.45) is 0. The molecule has 0 unspecified atom stereocenters. The molecule has 0 spiro atoms. The first-order valence-corrected chi connectivity index (χ1v) is 18.3. The standard InChI is InChI=1S/C37H26N2.C13H10N2/c1-25-16-19-35-31(22-25)33-24-27(18-21-37(33)39(35)29-12-6-3-7-13-29)26-17-20-36-32(23-26)30-14-8-9-15-34(30)38(36)28-10-4-2-5-11-28;14-11-7-3-6-9-8-4-1-2-5-10(8)13(15)12(9)11/h2-24H,1H3;1-7,15H,14H2. The molecular formula is C50H36N4. The predicted molar refractivity (Wildman–Crippen MR) is 228 cm³/mol. The van der Waals surface area contributed by atoms with Crippen LogP contribution in [0.1, 0.15) is 16.7 Å². The van der Waals surface area contributed by atoms with Crippen LogP contribution >= 0.6 is 0 Å². The molecule has 0 bridgehead atoms. The van der Waals surface area contributed by atoms with Crippen molar-refractivity contribution in [1.82, 2.24) is 9.13 Å². The Labute approximate surface area is 313 Å². The largest absolute Gasteiger partial charge is 0.398 e. The van der Waals surface area contributed by atoms with E-state index in [2.05, 4.69) is 156 Å². The minimum Gasteiger partial charge on any atom is -0.398 e. The van der Waals surface area contributed by atoms with Gasteiger partial charge in [-0.05, 0) is 102 Å². The highest BCUT2D eigenvalue weighted by Gasteiger charge is 2.24. The minimum absolute atomic E-state index is 0.540. The van der Waals surface area contributed by atoms with Gasteiger partial charge in [-0.3, -0.25) is 5.41 Å². The summed E-state index contributed by atoms with van der Waals surface area (Å²) in [6, 6.07) is 64.4.